The van der Waals surface area contributed by atoms with Crippen LogP contribution in [0.1, 0.15) is 47.4 Å². The van der Waals surface area contributed by atoms with Gasteiger partial charge in [-0.15, -0.1) is 0 Å². The molecule has 0 amide bonds. The maximum absolute atomic E-state index is 12.4. The molecule has 2 aromatic rings. The Bertz CT molecular complexity index is 1040. The fraction of sp³-hybridized carbons (Fsp3) is 0.400. The SMILES string of the molecule is CCCCOc1ccc(C(=O)OCC(=O)c2c(N)n(C)c(=O)[nH]c2=O)cc1OCC. The van der Waals surface area contributed by atoms with E-state index in [1.165, 1.54) is 19.2 Å². The van der Waals surface area contributed by atoms with Crippen molar-refractivity contribution < 1.29 is 23.8 Å². The summed E-state index contributed by atoms with van der Waals surface area (Å²) in [6.07, 6.45) is 1.86. The molecule has 162 valence electrons. The molecule has 0 saturated heterocycles. The van der Waals surface area contributed by atoms with Gasteiger partial charge in [0.15, 0.2) is 18.1 Å². The number of aromatic nitrogens is 2. The topological polar surface area (TPSA) is 143 Å². The standard InChI is InChI=1S/C20H25N3O7/c1-4-6-9-29-14-8-7-12(10-15(14)28-5-2)19(26)30-11-13(24)16-17(21)23(3)20(27)22-18(16)25/h7-8,10H,4-6,9,11,21H2,1-3H3,(H,22,25,27). The third-order valence-electron chi connectivity index (χ3n) is 4.22. The summed E-state index contributed by atoms with van der Waals surface area (Å²) in [7, 11) is 1.30. The van der Waals surface area contributed by atoms with E-state index in [1.807, 2.05) is 11.9 Å². The highest BCUT2D eigenvalue weighted by atomic mass is 16.5. The molecule has 10 heteroatoms. The van der Waals surface area contributed by atoms with Crippen LogP contribution < -0.4 is 26.5 Å². The predicted molar refractivity (Wildman–Crippen MR) is 109 cm³/mol. The lowest BCUT2D eigenvalue weighted by Gasteiger charge is -2.13. The summed E-state index contributed by atoms with van der Waals surface area (Å²) < 4.78 is 17.1. The number of esters is 1. The van der Waals surface area contributed by atoms with Gasteiger partial charge in [0.1, 0.15) is 11.4 Å². The van der Waals surface area contributed by atoms with Gasteiger partial charge in [-0.05, 0) is 31.5 Å². The third kappa shape index (κ3) is 5.28. The number of carbonyl (C=O) groups is 2. The maximum Gasteiger partial charge on any atom is 0.338 e. The molecule has 10 nitrogen and oxygen atoms in total. The Kier molecular flexibility index (Phi) is 7.79. The summed E-state index contributed by atoms with van der Waals surface area (Å²) in [5.74, 6) is -1.04. The summed E-state index contributed by atoms with van der Waals surface area (Å²) in [5, 5.41) is 0. The molecule has 0 atom stereocenters. The number of nitrogens with zero attached hydrogens (tertiary/aromatic N) is 1. The van der Waals surface area contributed by atoms with Gasteiger partial charge in [-0.1, -0.05) is 13.3 Å². The van der Waals surface area contributed by atoms with Crippen molar-refractivity contribution in [3.05, 3.63) is 50.2 Å². The van der Waals surface area contributed by atoms with Gasteiger partial charge in [0.2, 0.25) is 5.78 Å². The van der Waals surface area contributed by atoms with Gasteiger partial charge in [-0.3, -0.25) is 19.1 Å². The Morgan fingerprint density at radius 1 is 1.13 bits per heavy atom. The van der Waals surface area contributed by atoms with Crippen LogP contribution in [0.25, 0.3) is 0 Å². The number of Topliss-reactive ketones (excluding diaryl/α,β-unsaturated/α-hetero) is 1. The van der Waals surface area contributed by atoms with Crippen LogP contribution in [0.3, 0.4) is 0 Å². The van der Waals surface area contributed by atoms with Crippen molar-refractivity contribution in [3.63, 3.8) is 0 Å². The van der Waals surface area contributed by atoms with Gasteiger partial charge < -0.3 is 19.9 Å². The monoisotopic (exact) mass is 419 g/mol. The van der Waals surface area contributed by atoms with Gasteiger partial charge in [0.25, 0.3) is 5.56 Å². The van der Waals surface area contributed by atoms with Crippen LogP contribution in [-0.2, 0) is 11.8 Å². The van der Waals surface area contributed by atoms with Crippen molar-refractivity contribution in [1.82, 2.24) is 9.55 Å². The molecule has 1 aromatic heterocycles. The molecule has 0 aliphatic rings. The van der Waals surface area contributed by atoms with E-state index in [0.717, 1.165) is 17.4 Å². The number of ketones is 1. The van der Waals surface area contributed by atoms with E-state index < -0.39 is 35.2 Å². The summed E-state index contributed by atoms with van der Waals surface area (Å²) in [6, 6.07) is 4.55. The molecule has 0 fully saturated rings. The lowest BCUT2D eigenvalue weighted by atomic mass is 10.2. The molecule has 0 aliphatic heterocycles. The van der Waals surface area contributed by atoms with Gasteiger partial charge >= 0.3 is 11.7 Å². The Morgan fingerprint density at radius 2 is 1.87 bits per heavy atom. The summed E-state index contributed by atoms with van der Waals surface area (Å²) >= 11 is 0. The van der Waals surface area contributed by atoms with Crippen LogP contribution in [0.4, 0.5) is 5.82 Å². The molecule has 0 saturated carbocycles. The molecule has 0 bridgehead atoms. The molecule has 0 unspecified atom stereocenters. The number of hydrogen-bond acceptors (Lipinski definition) is 8. The highest BCUT2D eigenvalue weighted by molar-refractivity contribution is 6.02. The van der Waals surface area contributed by atoms with E-state index in [1.54, 1.807) is 13.0 Å². The van der Waals surface area contributed by atoms with Crippen LogP contribution in [0, 0.1) is 0 Å². The number of aromatic amines is 1. The van der Waals surface area contributed by atoms with Gasteiger partial charge in [0, 0.05) is 7.05 Å². The molecule has 3 N–H and O–H groups in total. The average Bonchev–Trinajstić information content (AvgIpc) is 2.71. The zero-order chi connectivity index (χ0) is 22.3. The minimum absolute atomic E-state index is 0.149. The lowest BCUT2D eigenvalue weighted by Crippen LogP contribution is -2.35. The highest BCUT2D eigenvalue weighted by Crippen LogP contribution is 2.29. The zero-order valence-corrected chi connectivity index (χ0v) is 17.1. The highest BCUT2D eigenvalue weighted by Gasteiger charge is 2.20. The van der Waals surface area contributed by atoms with Crippen molar-refractivity contribution in [2.75, 3.05) is 25.6 Å². The largest absolute Gasteiger partial charge is 0.490 e. The Hall–Kier alpha value is -3.56. The van der Waals surface area contributed by atoms with Crippen molar-refractivity contribution >= 4 is 17.6 Å². The van der Waals surface area contributed by atoms with E-state index in [2.05, 4.69) is 0 Å². The van der Waals surface area contributed by atoms with E-state index >= 15 is 0 Å². The first-order valence-corrected chi connectivity index (χ1v) is 9.48. The smallest absolute Gasteiger partial charge is 0.338 e. The predicted octanol–water partition coefficient (Wildman–Crippen LogP) is 1.27. The number of ether oxygens (including phenoxy) is 3. The van der Waals surface area contributed by atoms with Gasteiger partial charge in [-0.25, -0.2) is 9.59 Å². The summed E-state index contributed by atoms with van der Waals surface area (Å²) in [4.78, 5) is 50.0. The number of rotatable bonds is 10. The Morgan fingerprint density at radius 3 is 2.53 bits per heavy atom. The lowest BCUT2D eigenvalue weighted by molar-refractivity contribution is 0.0474. The summed E-state index contributed by atoms with van der Waals surface area (Å²) in [6.45, 7) is 4.02. The third-order valence-corrected chi connectivity index (χ3v) is 4.22. The number of nitrogen functional groups attached to an aromatic ring is 1. The van der Waals surface area contributed by atoms with Crippen LogP contribution in [0.5, 0.6) is 11.5 Å². The number of benzene rings is 1. The first kappa shape index (κ1) is 22.7. The van der Waals surface area contributed by atoms with Crippen molar-refractivity contribution in [3.8, 4) is 11.5 Å². The molecule has 0 radical (unpaired) electrons. The maximum atomic E-state index is 12.4. The second kappa shape index (κ2) is 10.3. The fourth-order valence-corrected chi connectivity index (χ4v) is 2.54. The van der Waals surface area contributed by atoms with Crippen LogP contribution in [0.15, 0.2) is 27.8 Å². The van der Waals surface area contributed by atoms with Crippen molar-refractivity contribution in [2.24, 2.45) is 7.05 Å². The molecular formula is C20H25N3O7. The number of nitrogens with one attached hydrogen (secondary N) is 1. The number of hydrogen-bond donors (Lipinski definition) is 2. The average molecular weight is 419 g/mol. The number of unbranched alkanes of at least 4 members (excludes halogenated alkanes) is 1. The molecular weight excluding hydrogens is 394 g/mol. The molecule has 0 spiro atoms. The second-order valence-corrected chi connectivity index (χ2v) is 6.37. The molecule has 0 aliphatic carbocycles. The van der Waals surface area contributed by atoms with Crippen LogP contribution in [-0.4, -0.2) is 41.1 Å². The molecule has 1 aromatic carbocycles. The Balaban J connectivity index is 2.13. The van der Waals surface area contributed by atoms with E-state index in [9.17, 15) is 19.2 Å². The first-order chi connectivity index (χ1) is 14.3. The Labute approximate surface area is 172 Å². The van der Waals surface area contributed by atoms with Crippen LogP contribution in [0.2, 0.25) is 0 Å². The summed E-state index contributed by atoms with van der Waals surface area (Å²) in [5.41, 5.74) is 3.68. The first-order valence-electron chi connectivity index (χ1n) is 9.48. The van der Waals surface area contributed by atoms with Crippen LogP contribution >= 0.6 is 0 Å². The molecule has 1 heterocycles. The minimum atomic E-state index is -0.941. The van der Waals surface area contributed by atoms with Crippen molar-refractivity contribution in [2.45, 2.75) is 26.7 Å². The minimum Gasteiger partial charge on any atom is -0.490 e. The quantitative estimate of drug-likeness (QED) is 0.333. The second-order valence-electron chi connectivity index (χ2n) is 6.37. The van der Waals surface area contributed by atoms with E-state index in [-0.39, 0.29) is 11.4 Å². The number of carbonyl (C=O) groups excluding carboxylic acids is 2. The van der Waals surface area contributed by atoms with E-state index in [0.29, 0.717) is 24.7 Å². The van der Waals surface area contributed by atoms with Crippen molar-refractivity contribution in [1.29, 1.82) is 0 Å². The number of H-pyrrole nitrogens is 1. The van der Waals surface area contributed by atoms with E-state index in [4.69, 9.17) is 19.9 Å². The van der Waals surface area contributed by atoms with Gasteiger partial charge in [-0.2, -0.15) is 0 Å². The normalized spacial score (nSPS) is 10.5. The number of nitrogens with two attached hydrogens (primary N) is 1. The zero-order valence-electron chi connectivity index (χ0n) is 17.1. The molecule has 30 heavy (non-hydrogen) atoms. The molecule has 2 rings (SSSR count). The number of anilines is 1. The fourth-order valence-electron chi connectivity index (χ4n) is 2.54. The van der Waals surface area contributed by atoms with Gasteiger partial charge in [0.05, 0.1) is 18.8 Å².